The van der Waals surface area contributed by atoms with E-state index >= 15 is 0 Å². The molecule has 10 unspecified atom stereocenters. The maximum atomic E-state index is 12.4. The molecular weight excluding hydrogens is 588 g/mol. The Bertz CT molecular complexity index is 1500. The number of aliphatic hydroxyl groups excluding tert-OH is 8. The van der Waals surface area contributed by atoms with Crippen LogP contribution in [0.2, 0.25) is 0 Å². The molecule has 8 N–H and O–H groups in total. The van der Waals surface area contributed by atoms with Crippen molar-refractivity contribution < 1.29 is 59.9 Å². The summed E-state index contributed by atoms with van der Waals surface area (Å²) in [5.41, 5.74) is 4.53. The molecule has 2 fully saturated rings. The highest BCUT2D eigenvalue weighted by Crippen LogP contribution is 2.31. The lowest BCUT2D eigenvalue weighted by Crippen LogP contribution is -2.58. The number of hydrogen-bond donors (Lipinski definition) is 8. The van der Waals surface area contributed by atoms with Gasteiger partial charge in [0.25, 0.3) is 0 Å². The molecule has 45 heavy (non-hydrogen) atoms. The van der Waals surface area contributed by atoms with E-state index in [0.717, 1.165) is 22.3 Å². The fraction of sp³-hybridized carbons (Fsp3) is 0.485. The number of fused-ring (bicyclic) bond motifs is 3. The molecule has 2 aromatic rings. The van der Waals surface area contributed by atoms with Crippen molar-refractivity contribution in [1.29, 1.82) is 0 Å². The van der Waals surface area contributed by atoms with Crippen molar-refractivity contribution >= 4 is 5.97 Å². The van der Waals surface area contributed by atoms with Gasteiger partial charge in [0.05, 0.1) is 19.8 Å². The van der Waals surface area contributed by atoms with Gasteiger partial charge in [0.2, 0.25) is 0 Å². The third-order valence-corrected chi connectivity index (χ3v) is 8.24. The Hall–Kier alpha value is -3.37. The molecule has 12 nitrogen and oxygen atoms in total. The van der Waals surface area contributed by atoms with Gasteiger partial charge in [-0.25, -0.2) is 0 Å². The number of esters is 1. The van der Waals surface area contributed by atoms with Crippen LogP contribution in [0.25, 0.3) is 11.1 Å². The van der Waals surface area contributed by atoms with Crippen molar-refractivity contribution in [1.82, 2.24) is 0 Å². The smallest absolute Gasteiger partial charge is 0.306 e. The molecule has 0 aliphatic carbocycles. The molecule has 12 heteroatoms. The summed E-state index contributed by atoms with van der Waals surface area (Å²) in [5, 5.41) is 79.7. The fourth-order valence-corrected chi connectivity index (χ4v) is 5.62. The van der Waals surface area contributed by atoms with E-state index in [0.29, 0.717) is 24.0 Å². The normalized spacial score (nSPS) is 33.3. The number of aryl methyl sites for hydroxylation is 1. The highest BCUT2D eigenvalue weighted by atomic mass is 16.6. The van der Waals surface area contributed by atoms with Gasteiger partial charge in [-0.05, 0) is 52.9 Å². The summed E-state index contributed by atoms with van der Waals surface area (Å²) in [6, 6.07) is 11.0. The Labute approximate surface area is 259 Å². The summed E-state index contributed by atoms with van der Waals surface area (Å²) < 4.78 is 16.4. The second kappa shape index (κ2) is 14.4. The highest BCUT2D eigenvalue weighted by Gasteiger charge is 2.43. The minimum Gasteiger partial charge on any atom is -0.465 e. The van der Waals surface area contributed by atoms with Crippen molar-refractivity contribution in [2.75, 3.05) is 19.8 Å². The average Bonchev–Trinajstić information content (AvgIpc) is 3.04. The predicted octanol–water partition coefficient (Wildman–Crippen LogP) is -2.23. The van der Waals surface area contributed by atoms with Crippen LogP contribution < -0.4 is 0 Å². The molecule has 10 atom stereocenters. The van der Waals surface area contributed by atoms with Gasteiger partial charge < -0.3 is 55.1 Å². The van der Waals surface area contributed by atoms with E-state index in [9.17, 15) is 45.6 Å². The topological polar surface area (TPSA) is 207 Å². The van der Waals surface area contributed by atoms with Crippen LogP contribution in [-0.4, -0.2) is 128 Å². The Morgan fingerprint density at radius 2 is 1.09 bits per heavy atom. The maximum absolute atomic E-state index is 12.4. The van der Waals surface area contributed by atoms with Gasteiger partial charge >= 0.3 is 5.97 Å². The zero-order valence-electron chi connectivity index (χ0n) is 24.2. The summed E-state index contributed by atoms with van der Waals surface area (Å²) in [7, 11) is 0. The Balaban J connectivity index is 1.43. The minimum atomic E-state index is -1.53. The van der Waals surface area contributed by atoms with Crippen LogP contribution in [0.4, 0.5) is 0 Å². The van der Waals surface area contributed by atoms with Crippen LogP contribution >= 0.6 is 0 Å². The first-order chi connectivity index (χ1) is 21.6. The zero-order valence-corrected chi connectivity index (χ0v) is 24.2. The lowest BCUT2D eigenvalue weighted by molar-refractivity contribution is -0.214. The lowest BCUT2D eigenvalue weighted by Gasteiger charge is -2.37. The molecule has 0 aromatic heterocycles. The molecule has 2 saturated heterocycles. The first kappa shape index (κ1) is 33.0. The molecule has 0 radical (unpaired) electrons. The Morgan fingerprint density at radius 1 is 0.622 bits per heavy atom. The molecule has 2 aromatic carbocycles. The highest BCUT2D eigenvalue weighted by molar-refractivity contribution is 5.75. The number of carbonyl (C=O) groups is 1. The third-order valence-electron chi connectivity index (χ3n) is 8.24. The van der Waals surface area contributed by atoms with Gasteiger partial charge in [0.1, 0.15) is 61.0 Å². The number of aliphatic hydroxyl groups is 8. The van der Waals surface area contributed by atoms with Crippen LogP contribution in [-0.2, 0) is 31.8 Å². The summed E-state index contributed by atoms with van der Waals surface area (Å²) in [6.45, 7) is -0.951. The maximum Gasteiger partial charge on any atom is 0.306 e. The van der Waals surface area contributed by atoms with Gasteiger partial charge in [0, 0.05) is 24.0 Å². The van der Waals surface area contributed by atoms with Gasteiger partial charge in [-0.3, -0.25) is 4.79 Å². The zero-order chi connectivity index (χ0) is 32.2. The molecule has 0 amide bonds. The molecule has 3 aliphatic rings. The van der Waals surface area contributed by atoms with Gasteiger partial charge in [0.15, 0.2) is 0 Å². The molecule has 5 rings (SSSR count). The molecule has 3 heterocycles. The molecular formula is C33H36O12. The van der Waals surface area contributed by atoms with Crippen LogP contribution in [0.3, 0.4) is 0 Å². The van der Waals surface area contributed by atoms with Crippen molar-refractivity contribution in [2.24, 2.45) is 0 Å². The Morgan fingerprint density at radius 3 is 1.56 bits per heavy atom. The van der Waals surface area contributed by atoms with Crippen molar-refractivity contribution in [3.05, 3.63) is 58.7 Å². The second-order valence-corrected chi connectivity index (χ2v) is 11.3. The predicted molar refractivity (Wildman–Crippen MR) is 156 cm³/mol. The van der Waals surface area contributed by atoms with E-state index < -0.39 is 74.3 Å². The van der Waals surface area contributed by atoms with Gasteiger partial charge in [-0.2, -0.15) is 0 Å². The first-order valence-corrected chi connectivity index (χ1v) is 14.7. The number of benzene rings is 2. The van der Waals surface area contributed by atoms with Gasteiger partial charge in [-0.1, -0.05) is 35.8 Å². The largest absolute Gasteiger partial charge is 0.465 e. The third kappa shape index (κ3) is 7.22. The number of carbonyl (C=O) groups excluding carboxylic acids is 1. The summed E-state index contributed by atoms with van der Waals surface area (Å²) in [6.07, 6.45) is -12.5. The van der Waals surface area contributed by atoms with Crippen LogP contribution in [0.1, 0.15) is 28.7 Å². The van der Waals surface area contributed by atoms with Crippen molar-refractivity contribution in [3.63, 3.8) is 0 Å². The van der Waals surface area contributed by atoms with Crippen LogP contribution in [0.5, 0.6) is 0 Å². The number of rotatable bonds is 2. The van der Waals surface area contributed by atoms with Gasteiger partial charge in [-0.15, -0.1) is 0 Å². The summed E-state index contributed by atoms with van der Waals surface area (Å²) in [5.74, 6) is 11.0. The number of ether oxygens (including phenoxy) is 3. The van der Waals surface area contributed by atoms with E-state index in [2.05, 4.69) is 23.7 Å². The van der Waals surface area contributed by atoms with E-state index in [1.807, 2.05) is 24.3 Å². The van der Waals surface area contributed by atoms with Crippen LogP contribution in [0, 0.1) is 23.7 Å². The molecule has 0 bridgehead atoms. The van der Waals surface area contributed by atoms with E-state index in [1.165, 1.54) is 0 Å². The molecule has 240 valence electrons. The quantitative estimate of drug-likeness (QED) is 0.132. The average molecular weight is 625 g/mol. The summed E-state index contributed by atoms with van der Waals surface area (Å²) >= 11 is 0. The molecule has 3 aliphatic heterocycles. The van der Waals surface area contributed by atoms with E-state index in [4.69, 9.17) is 14.2 Å². The van der Waals surface area contributed by atoms with Crippen molar-refractivity contribution in [3.8, 4) is 34.8 Å². The number of hydrogen-bond acceptors (Lipinski definition) is 12. The van der Waals surface area contributed by atoms with Crippen molar-refractivity contribution in [2.45, 2.75) is 80.3 Å². The van der Waals surface area contributed by atoms with Crippen LogP contribution in [0.15, 0.2) is 36.4 Å². The lowest BCUT2D eigenvalue weighted by atomic mass is 9.89. The Kier molecular flexibility index (Phi) is 10.5. The monoisotopic (exact) mass is 624 g/mol. The standard InChI is InChI=1S/C33H36O12/c34-15-25-30(39)32(41)28(37)23(44-25)8-3-17-1-6-21-19(13-17)5-10-27(36)43-12-11-20-14-18(2-7-22(20)21)4-9-24-29(38)33(42)31(40)26(16-35)45-24/h1-2,6-7,13-14,23-26,28-35,37-42H,5,10-12,15-16H2. The minimum absolute atomic E-state index is 0.147. The summed E-state index contributed by atoms with van der Waals surface area (Å²) in [4.78, 5) is 12.4. The second-order valence-electron chi connectivity index (χ2n) is 11.3. The molecule has 0 spiro atoms. The SMILES string of the molecule is O=C1CCc2cc(C#CC3OC(CO)C(O)C(O)C3O)ccc2-c2ccc(C#CC3OC(CO)C(O)C(O)C3O)cc2CCO1. The molecule has 0 saturated carbocycles. The van der Waals surface area contributed by atoms with E-state index in [1.54, 1.807) is 12.1 Å². The van der Waals surface area contributed by atoms with E-state index in [-0.39, 0.29) is 19.0 Å². The number of cyclic esters (lactones) is 1. The first-order valence-electron chi connectivity index (χ1n) is 14.7. The fourth-order valence-electron chi connectivity index (χ4n) is 5.62.